The molecule has 0 fully saturated rings. The zero-order chi connectivity index (χ0) is 21.5. The van der Waals surface area contributed by atoms with E-state index in [4.69, 9.17) is 9.15 Å². The highest BCUT2D eigenvalue weighted by Gasteiger charge is 2.13. The normalized spacial score (nSPS) is 10.9. The molecule has 150 valence electrons. The number of esters is 1. The Labute approximate surface area is 172 Å². The van der Waals surface area contributed by atoms with Gasteiger partial charge in [-0.2, -0.15) is 5.26 Å². The lowest BCUT2D eigenvalue weighted by Crippen LogP contribution is -2.13. The summed E-state index contributed by atoms with van der Waals surface area (Å²) in [6.45, 7) is 2.04. The van der Waals surface area contributed by atoms with Crippen molar-refractivity contribution in [2.45, 2.75) is 6.92 Å². The lowest BCUT2D eigenvalue weighted by molar-refractivity contribution is -0.112. The molecular weight excluding hydrogens is 384 g/mol. The van der Waals surface area contributed by atoms with Crippen molar-refractivity contribution in [2.24, 2.45) is 0 Å². The van der Waals surface area contributed by atoms with Crippen LogP contribution in [0.15, 0.2) is 70.7 Å². The number of furan rings is 1. The maximum atomic E-state index is 12.3. The second-order valence-corrected chi connectivity index (χ2v) is 6.14. The van der Waals surface area contributed by atoms with Crippen LogP contribution in [0.25, 0.3) is 17.4 Å². The number of nitrogens with zero attached hydrogens (tertiary/aromatic N) is 1. The number of ether oxygens (including phenoxy) is 1. The minimum Gasteiger partial charge on any atom is -0.506 e. The van der Waals surface area contributed by atoms with E-state index in [-0.39, 0.29) is 17.0 Å². The predicted molar refractivity (Wildman–Crippen MR) is 110 cm³/mol. The van der Waals surface area contributed by atoms with Crippen molar-refractivity contribution in [1.82, 2.24) is 0 Å². The molecule has 0 aliphatic heterocycles. The Hall–Kier alpha value is -4.31. The Balaban J connectivity index is 1.76. The van der Waals surface area contributed by atoms with Gasteiger partial charge in [-0.15, -0.1) is 0 Å². The summed E-state index contributed by atoms with van der Waals surface area (Å²) in [5.41, 5.74) is 1.17. The van der Waals surface area contributed by atoms with Crippen LogP contribution in [0, 0.1) is 11.3 Å². The smallest absolute Gasteiger partial charge is 0.338 e. The van der Waals surface area contributed by atoms with E-state index in [0.29, 0.717) is 23.7 Å². The summed E-state index contributed by atoms with van der Waals surface area (Å²) in [7, 11) is 0. The van der Waals surface area contributed by atoms with Gasteiger partial charge in [0.25, 0.3) is 5.91 Å². The van der Waals surface area contributed by atoms with Gasteiger partial charge in [-0.1, -0.05) is 24.3 Å². The van der Waals surface area contributed by atoms with Crippen LogP contribution in [0.1, 0.15) is 23.0 Å². The highest BCUT2D eigenvalue weighted by Crippen LogP contribution is 2.25. The van der Waals surface area contributed by atoms with Crippen LogP contribution in [-0.4, -0.2) is 23.6 Å². The molecule has 1 heterocycles. The van der Waals surface area contributed by atoms with E-state index >= 15 is 0 Å². The number of anilines is 1. The molecule has 1 aromatic heterocycles. The topological polar surface area (TPSA) is 113 Å². The second-order valence-electron chi connectivity index (χ2n) is 6.14. The van der Waals surface area contributed by atoms with Crippen molar-refractivity contribution in [2.75, 3.05) is 11.9 Å². The minimum absolute atomic E-state index is 0.102. The first-order valence-electron chi connectivity index (χ1n) is 9.10. The van der Waals surface area contributed by atoms with Gasteiger partial charge >= 0.3 is 5.97 Å². The van der Waals surface area contributed by atoms with E-state index in [9.17, 15) is 20.0 Å². The lowest BCUT2D eigenvalue weighted by atomic mass is 10.1. The maximum absolute atomic E-state index is 12.3. The molecule has 0 unspecified atom stereocenters. The molecule has 0 spiro atoms. The number of hydrogen-bond acceptors (Lipinski definition) is 6. The summed E-state index contributed by atoms with van der Waals surface area (Å²) in [6.07, 6.45) is 1.31. The van der Waals surface area contributed by atoms with Crippen molar-refractivity contribution in [3.8, 4) is 23.1 Å². The summed E-state index contributed by atoms with van der Waals surface area (Å²) in [6, 6.07) is 18.1. The molecule has 3 rings (SSSR count). The van der Waals surface area contributed by atoms with Gasteiger partial charge in [-0.3, -0.25) is 4.79 Å². The first kappa shape index (κ1) is 20.4. The van der Waals surface area contributed by atoms with E-state index in [1.807, 2.05) is 6.07 Å². The van der Waals surface area contributed by atoms with Crippen LogP contribution in [0.4, 0.5) is 5.69 Å². The van der Waals surface area contributed by atoms with Gasteiger partial charge in [0.15, 0.2) is 0 Å². The number of benzene rings is 2. The summed E-state index contributed by atoms with van der Waals surface area (Å²) in [4.78, 5) is 24.1. The fraction of sp³-hybridized carbons (Fsp3) is 0.0870. The Bertz CT molecular complexity index is 1140. The number of phenols is 1. The Morgan fingerprint density at radius 3 is 2.53 bits per heavy atom. The minimum atomic E-state index is -0.671. The van der Waals surface area contributed by atoms with Crippen molar-refractivity contribution in [3.05, 3.63) is 77.6 Å². The molecule has 0 aliphatic carbocycles. The number of aromatic hydroxyl groups is 1. The third kappa shape index (κ3) is 4.75. The van der Waals surface area contributed by atoms with Crippen LogP contribution >= 0.6 is 0 Å². The van der Waals surface area contributed by atoms with Crippen molar-refractivity contribution in [3.63, 3.8) is 0 Å². The molecule has 30 heavy (non-hydrogen) atoms. The van der Waals surface area contributed by atoms with Crippen molar-refractivity contribution < 1.29 is 23.8 Å². The number of rotatable bonds is 6. The van der Waals surface area contributed by atoms with Crippen LogP contribution in [-0.2, 0) is 9.53 Å². The lowest BCUT2D eigenvalue weighted by Gasteiger charge is -2.05. The standard InChI is InChI=1S/C23H18N2O5/c1-2-29-23(28)16-9-7-15(8-10-16)21-12-11-18(30-21)13-17(14-24)22(27)25-19-5-3-4-6-20(19)26/h3-13,26H,2H2,1H3,(H,25,27). The molecule has 0 saturated carbocycles. The van der Waals surface area contributed by atoms with Gasteiger partial charge < -0.3 is 19.6 Å². The molecule has 0 aliphatic rings. The second kappa shape index (κ2) is 9.26. The molecular formula is C23H18N2O5. The Morgan fingerprint density at radius 1 is 1.13 bits per heavy atom. The largest absolute Gasteiger partial charge is 0.506 e. The fourth-order valence-corrected chi connectivity index (χ4v) is 2.63. The number of para-hydroxylation sites is 2. The van der Waals surface area contributed by atoms with Gasteiger partial charge in [0.1, 0.15) is 28.9 Å². The van der Waals surface area contributed by atoms with Gasteiger partial charge in [-0.25, -0.2) is 4.79 Å². The van der Waals surface area contributed by atoms with E-state index < -0.39 is 11.9 Å². The molecule has 7 nitrogen and oxygen atoms in total. The average Bonchev–Trinajstić information content (AvgIpc) is 3.22. The summed E-state index contributed by atoms with van der Waals surface area (Å²) in [5, 5.41) is 21.6. The first-order chi connectivity index (χ1) is 14.5. The maximum Gasteiger partial charge on any atom is 0.338 e. The van der Waals surface area contributed by atoms with Crippen LogP contribution in [0.5, 0.6) is 5.75 Å². The molecule has 0 atom stereocenters. The number of nitriles is 1. The highest BCUT2D eigenvalue weighted by molar-refractivity contribution is 6.10. The SMILES string of the molecule is CCOC(=O)c1ccc(-c2ccc(C=C(C#N)C(=O)Nc3ccccc3O)o2)cc1. The van der Waals surface area contributed by atoms with Gasteiger partial charge in [0, 0.05) is 11.6 Å². The van der Waals surface area contributed by atoms with E-state index in [0.717, 1.165) is 5.56 Å². The quantitative estimate of drug-likeness (QED) is 0.274. The fourth-order valence-electron chi connectivity index (χ4n) is 2.63. The first-order valence-corrected chi connectivity index (χ1v) is 9.10. The third-order valence-electron chi connectivity index (χ3n) is 4.11. The number of amides is 1. The van der Waals surface area contributed by atoms with Crippen LogP contribution in [0.2, 0.25) is 0 Å². The van der Waals surface area contributed by atoms with Gasteiger partial charge in [0.05, 0.1) is 17.9 Å². The predicted octanol–water partition coefficient (Wildman–Crippen LogP) is 4.37. The molecule has 7 heteroatoms. The van der Waals surface area contributed by atoms with E-state index in [1.54, 1.807) is 55.5 Å². The number of carbonyl (C=O) groups is 2. The molecule has 0 radical (unpaired) electrons. The number of nitrogens with one attached hydrogen (secondary N) is 1. The van der Waals surface area contributed by atoms with Crippen LogP contribution < -0.4 is 5.32 Å². The molecule has 3 aromatic rings. The monoisotopic (exact) mass is 402 g/mol. The average molecular weight is 402 g/mol. The number of carbonyl (C=O) groups excluding carboxylic acids is 2. The van der Waals surface area contributed by atoms with Crippen molar-refractivity contribution >= 4 is 23.6 Å². The molecule has 0 saturated heterocycles. The molecule has 2 aromatic carbocycles. The third-order valence-corrected chi connectivity index (χ3v) is 4.11. The van der Waals surface area contributed by atoms with Crippen LogP contribution in [0.3, 0.4) is 0 Å². The molecule has 2 N–H and O–H groups in total. The Morgan fingerprint density at radius 2 is 1.87 bits per heavy atom. The number of hydrogen-bond donors (Lipinski definition) is 2. The summed E-state index contributed by atoms with van der Waals surface area (Å²) >= 11 is 0. The Kier molecular flexibility index (Phi) is 6.30. The highest BCUT2D eigenvalue weighted by atomic mass is 16.5. The number of phenolic OH excluding ortho intramolecular Hbond substituents is 1. The zero-order valence-corrected chi connectivity index (χ0v) is 16.1. The van der Waals surface area contributed by atoms with Gasteiger partial charge in [0.2, 0.25) is 0 Å². The summed E-state index contributed by atoms with van der Waals surface area (Å²) < 4.78 is 10.7. The molecule has 1 amide bonds. The van der Waals surface area contributed by atoms with Crippen molar-refractivity contribution in [1.29, 1.82) is 5.26 Å². The molecule has 0 bridgehead atoms. The van der Waals surface area contributed by atoms with E-state index in [1.165, 1.54) is 18.2 Å². The van der Waals surface area contributed by atoms with Gasteiger partial charge in [-0.05, 0) is 43.3 Å². The zero-order valence-electron chi connectivity index (χ0n) is 16.1. The van der Waals surface area contributed by atoms with E-state index in [2.05, 4.69) is 5.32 Å². The summed E-state index contributed by atoms with van der Waals surface area (Å²) in [5.74, 6) is -0.356.